The molecule has 0 aromatic rings. The Morgan fingerprint density at radius 2 is 1.50 bits per heavy atom. The number of hydrogen-bond acceptors (Lipinski definition) is 2. The van der Waals surface area contributed by atoms with Gasteiger partial charge in [-0.25, -0.2) is 0 Å². The first-order valence-corrected chi connectivity index (χ1v) is 8.22. The Morgan fingerprint density at radius 1 is 0.875 bits per heavy atom. The predicted molar refractivity (Wildman–Crippen MR) is 76.2 cm³/mol. The van der Waals surface area contributed by atoms with Crippen LogP contribution < -0.4 is 0 Å². The van der Waals surface area contributed by atoms with Gasteiger partial charge in [-0.2, -0.15) is 11.8 Å². The van der Waals surface area contributed by atoms with Gasteiger partial charge < -0.3 is 5.11 Å². The van der Waals surface area contributed by atoms with E-state index in [-0.39, 0.29) is 6.10 Å². The maximum atomic E-state index is 9.70. The highest BCUT2D eigenvalue weighted by atomic mass is 32.2. The van der Waals surface area contributed by atoms with E-state index in [1.807, 2.05) is 11.8 Å². The van der Waals surface area contributed by atoms with Gasteiger partial charge in [0.2, 0.25) is 0 Å². The molecule has 0 radical (unpaired) electrons. The van der Waals surface area contributed by atoms with E-state index in [2.05, 4.69) is 13.8 Å². The number of rotatable bonds is 12. The Hall–Kier alpha value is 0.310. The van der Waals surface area contributed by atoms with Gasteiger partial charge in [0.25, 0.3) is 0 Å². The Morgan fingerprint density at radius 3 is 2.12 bits per heavy atom. The second-order valence-corrected chi connectivity index (χ2v) is 5.79. The van der Waals surface area contributed by atoms with E-state index < -0.39 is 0 Å². The maximum Gasteiger partial charge on any atom is 0.0630 e. The van der Waals surface area contributed by atoms with E-state index in [4.69, 9.17) is 0 Å². The molecule has 0 aliphatic carbocycles. The van der Waals surface area contributed by atoms with Crippen LogP contribution in [0.3, 0.4) is 0 Å². The van der Waals surface area contributed by atoms with Crippen molar-refractivity contribution in [1.82, 2.24) is 0 Å². The molecule has 98 valence electrons. The van der Waals surface area contributed by atoms with Crippen molar-refractivity contribution < 1.29 is 5.11 Å². The molecule has 1 nitrogen and oxygen atoms in total. The van der Waals surface area contributed by atoms with Gasteiger partial charge in [-0.15, -0.1) is 0 Å². The topological polar surface area (TPSA) is 20.2 Å². The van der Waals surface area contributed by atoms with Crippen molar-refractivity contribution in [1.29, 1.82) is 0 Å². The molecule has 1 N–H and O–H groups in total. The number of aliphatic hydroxyl groups is 1. The highest BCUT2D eigenvalue weighted by molar-refractivity contribution is 7.99. The van der Waals surface area contributed by atoms with Gasteiger partial charge in [-0.3, -0.25) is 0 Å². The van der Waals surface area contributed by atoms with Gasteiger partial charge in [0.15, 0.2) is 0 Å². The zero-order valence-electron chi connectivity index (χ0n) is 11.2. The lowest BCUT2D eigenvalue weighted by atomic mass is 10.1. The second-order valence-electron chi connectivity index (χ2n) is 4.64. The average Bonchev–Trinajstić information content (AvgIpc) is 2.28. The van der Waals surface area contributed by atoms with Gasteiger partial charge in [0, 0.05) is 5.75 Å². The summed E-state index contributed by atoms with van der Waals surface area (Å²) in [6.07, 6.45) is 11.5. The van der Waals surface area contributed by atoms with Crippen molar-refractivity contribution in [2.24, 2.45) is 0 Å². The van der Waals surface area contributed by atoms with Gasteiger partial charge >= 0.3 is 0 Å². The van der Waals surface area contributed by atoms with E-state index in [1.54, 1.807) is 0 Å². The van der Waals surface area contributed by atoms with Crippen LogP contribution in [0.5, 0.6) is 0 Å². The molecule has 2 heteroatoms. The Labute approximate surface area is 106 Å². The van der Waals surface area contributed by atoms with Crippen LogP contribution >= 0.6 is 11.8 Å². The zero-order valence-corrected chi connectivity index (χ0v) is 12.0. The van der Waals surface area contributed by atoms with Crippen molar-refractivity contribution in [2.75, 3.05) is 11.5 Å². The normalized spacial score (nSPS) is 12.9. The molecule has 0 aromatic carbocycles. The van der Waals surface area contributed by atoms with Crippen LogP contribution in [0.15, 0.2) is 0 Å². The summed E-state index contributed by atoms with van der Waals surface area (Å²) < 4.78 is 0. The van der Waals surface area contributed by atoms with E-state index in [9.17, 15) is 5.11 Å². The fourth-order valence-electron chi connectivity index (χ4n) is 1.78. The maximum absolute atomic E-state index is 9.70. The molecule has 0 saturated carbocycles. The van der Waals surface area contributed by atoms with Crippen molar-refractivity contribution in [2.45, 2.75) is 77.7 Å². The van der Waals surface area contributed by atoms with Crippen LogP contribution in [0.2, 0.25) is 0 Å². The van der Waals surface area contributed by atoms with Crippen LogP contribution in [-0.4, -0.2) is 22.7 Å². The van der Waals surface area contributed by atoms with Gasteiger partial charge in [0.1, 0.15) is 0 Å². The van der Waals surface area contributed by atoms with Crippen molar-refractivity contribution >= 4 is 11.8 Å². The van der Waals surface area contributed by atoms with E-state index in [1.165, 1.54) is 57.1 Å². The number of thioether (sulfide) groups is 1. The van der Waals surface area contributed by atoms with Crippen LogP contribution in [0.25, 0.3) is 0 Å². The van der Waals surface area contributed by atoms with Crippen LogP contribution in [0.4, 0.5) is 0 Å². The summed E-state index contributed by atoms with van der Waals surface area (Å²) >= 11 is 1.89. The molecule has 0 saturated heterocycles. The van der Waals surface area contributed by atoms with Gasteiger partial charge in [0.05, 0.1) is 6.10 Å². The summed E-state index contributed by atoms with van der Waals surface area (Å²) in [5.41, 5.74) is 0. The Bertz CT molecular complexity index is 128. The lowest BCUT2D eigenvalue weighted by molar-refractivity contribution is 0.185. The molecule has 0 amide bonds. The standard InChI is InChI=1S/C14H30OS/c1-3-5-6-7-8-9-10-11-14(15)13-16-12-4-2/h14-15H,3-13H2,1-2H3. The fraction of sp³-hybridized carbons (Fsp3) is 1.00. The second kappa shape index (κ2) is 13.4. The quantitative estimate of drug-likeness (QED) is 0.507. The van der Waals surface area contributed by atoms with Crippen LogP contribution in [-0.2, 0) is 0 Å². The molecule has 0 aliphatic heterocycles. The summed E-state index contributed by atoms with van der Waals surface area (Å²) in [5.74, 6) is 2.12. The first kappa shape index (κ1) is 16.3. The summed E-state index contributed by atoms with van der Waals surface area (Å²) in [7, 11) is 0. The molecule has 0 fully saturated rings. The molecule has 1 unspecified atom stereocenters. The largest absolute Gasteiger partial charge is 0.392 e. The van der Waals surface area contributed by atoms with Crippen molar-refractivity contribution in [3.63, 3.8) is 0 Å². The first-order chi connectivity index (χ1) is 7.81. The number of hydrogen-bond donors (Lipinski definition) is 1. The van der Waals surface area contributed by atoms with Crippen LogP contribution in [0, 0.1) is 0 Å². The first-order valence-electron chi connectivity index (χ1n) is 7.07. The monoisotopic (exact) mass is 246 g/mol. The molecule has 0 heterocycles. The van der Waals surface area contributed by atoms with Crippen molar-refractivity contribution in [3.05, 3.63) is 0 Å². The lowest BCUT2D eigenvalue weighted by Crippen LogP contribution is -2.09. The number of aliphatic hydroxyl groups excluding tert-OH is 1. The Kier molecular flexibility index (Phi) is 13.6. The highest BCUT2D eigenvalue weighted by Gasteiger charge is 2.03. The van der Waals surface area contributed by atoms with Crippen molar-refractivity contribution in [3.8, 4) is 0 Å². The molecular formula is C14H30OS. The SMILES string of the molecule is CCCCCCCCCC(O)CSCCC. The van der Waals surface area contributed by atoms with E-state index in [0.717, 1.165) is 12.2 Å². The average molecular weight is 246 g/mol. The third-order valence-electron chi connectivity index (χ3n) is 2.80. The molecule has 0 aliphatic rings. The smallest absolute Gasteiger partial charge is 0.0630 e. The molecule has 0 bridgehead atoms. The summed E-state index contributed by atoms with van der Waals surface area (Å²) in [4.78, 5) is 0. The molecule has 1 atom stereocenters. The van der Waals surface area contributed by atoms with Gasteiger partial charge in [-0.05, 0) is 18.6 Å². The number of unbranched alkanes of at least 4 members (excludes halogenated alkanes) is 6. The summed E-state index contributed by atoms with van der Waals surface area (Å²) in [5, 5.41) is 9.70. The van der Waals surface area contributed by atoms with Gasteiger partial charge in [-0.1, -0.05) is 58.8 Å². The molecule has 16 heavy (non-hydrogen) atoms. The molecule has 0 spiro atoms. The predicted octanol–water partition coefficient (Wildman–Crippen LogP) is 4.63. The molecule has 0 aromatic heterocycles. The third kappa shape index (κ3) is 12.4. The molecular weight excluding hydrogens is 216 g/mol. The minimum atomic E-state index is -0.0628. The van der Waals surface area contributed by atoms with E-state index >= 15 is 0 Å². The minimum Gasteiger partial charge on any atom is -0.392 e. The van der Waals surface area contributed by atoms with E-state index in [0.29, 0.717) is 0 Å². The highest BCUT2D eigenvalue weighted by Crippen LogP contribution is 2.12. The Balaban J connectivity index is 3.06. The zero-order chi connectivity index (χ0) is 12.1. The summed E-state index contributed by atoms with van der Waals surface area (Å²) in [6.45, 7) is 4.44. The lowest BCUT2D eigenvalue weighted by Gasteiger charge is -2.09. The molecule has 0 rings (SSSR count). The summed E-state index contributed by atoms with van der Waals surface area (Å²) in [6, 6.07) is 0. The minimum absolute atomic E-state index is 0.0628. The fourth-order valence-corrected chi connectivity index (χ4v) is 2.68. The van der Waals surface area contributed by atoms with Crippen LogP contribution in [0.1, 0.15) is 71.6 Å². The third-order valence-corrected chi connectivity index (χ3v) is 4.12.